The van der Waals surface area contributed by atoms with Gasteiger partial charge in [-0.25, -0.2) is 4.98 Å². The first-order valence-corrected chi connectivity index (χ1v) is 9.70. The first-order chi connectivity index (χ1) is 15.0. The Labute approximate surface area is 180 Å². The lowest BCUT2D eigenvalue weighted by Crippen LogP contribution is -2.14. The largest absolute Gasteiger partial charge is 0.438 e. The lowest BCUT2D eigenvalue weighted by atomic mass is 10.1. The van der Waals surface area contributed by atoms with Crippen molar-refractivity contribution < 1.29 is 9.53 Å². The Kier molecular flexibility index (Phi) is 5.61. The summed E-state index contributed by atoms with van der Waals surface area (Å²) in [5, 5.41) is 11.2. The number of nitrogens with one attached hydrogen (secondary N) is 1. The van der Waals surface area contributed by atoms with Crippen LogP contribution in [0.4, 0.5) is 11.4 Å². The molecule has 2 aromatic carbocycles. The molecule has 4 aromatic rings. The van der Waals surface area contributed by atoms with Crippen LogP contribution in [0.5, 0.6) is 11.6 Å². The van der Waals surface area contributed by atoms with E-state index in [0.29, 0.717) is 28.7 Å². The molecule has 0 aliphatic carbocycles. The van der Waals surface area contributed by atoms with Crippen LogP contribution < -0.4 is 15.0 Å². The van der Waals surface area contributed by atoms with Gasteiger partial charge in [-0.05, 0) is 55.5 Å². The van der Waals surface area contributed by atoms with E-state index in [1.807, 2.05) is 60.9 Å². The smallest absolute Gasteiger partial charge is 0.255 e. The molecule has 0 aliphatic heterocycles. The number of anilines is 2. The maximum atomic E-state index is 12.5. The second-order valence-corrected chi connectivity index (χ2v) is 7.10. The molecule has 0 bridgehead atoms. The van der Waals surface area contributed by atoms with E-state index in [1.54, 1.807) is 42.6 Å². The minimum Gasteiger partial charge on any atom is -0.438 e. The molecule has 0 aliphatic rings. The molecule has 0 saturated heterocycles. The Balaban J connectivity index is 1.40. The molecular weight excluding hydrogens is 392 g/mol. The zero-order chi connectivity index (χ0) is 21.8. The summed E-state index contributed by atoms with van der Waals surface area (Å²) in [6.45, 7) is 1.89. The second-order valence-electron chi connectivity index (χ2n) is 7.10. The summed E-state index contributed by atoms with van der Waals surface area (Å²) in [6, 6.07) is 18.1. The predicted molar refractivity (Wildman–Crippen MR) is 119 cm³/mol. The van der Waals surface area contributed by atoms with Gasteiger partial charge in [0.05, 0.1) is 0 Å². The molecule has 2 aromatic heterocycles. The fraction of sp³-hybridized carbons (Fsp3) is 0.130. The molecule has 8 nitrogen and oxygen atoms in total. The molecule has 2 heterocycles. The van der Waals surface area contributed by atoms with Gasteiger partial charge in [-0.2, -0.15) is 0 Å². The van der Waals surface area contributed by atoms with Crippen LogP contribution in [0.2, 0.25) is 0 Å². The first-order valence-electron chi connectivity index (χ1n) is 9.70. The van der Waals surface area contributed by atoms with Crippen molar-refractivity contribution in [3.63, 3.8) is 0 Å². The van der Waals surface area contributed by atoms with Gasteiger partial charge >= 0.3 is 0 Å². The van der Waals surface area contributed by atoms with Gasteiger partial charge in [0.2, 0.25) is 5.88 Å². The van der Waals surface area contributed by atoms with E-state index in [9.17, 15) is 4.79 Å². The third-order valence-corrected chi connectivity index (χ3v) is 4.66. The molecule has 0 atom stereocenters. The van der Waals surface area contributed by atoms with Crippen molar-refractivity contribution >= 4 is 17.3 Å². The van der Waals surface area contributed by atoms with E-state index in [4.69, 9.17) is 4.74 Å². The fourth-order valence-electron chi connectivity index (χ4n) is 2.97. The molecule has 0 fully saturated rings. The van der Waals surface area contributed by atoms with Crippen LogP contribution in [-0.4, -0.2) is 39.8 Å². The van der Waals surface area contributed by atoms with Crippen molar-refractivity contribution in [3.05, 3.63) is 84.4 Å². The number of hydrogen-bond donors (Lipinski definition) is 1. The number of benzene rings is 2. The van der Waals surface area contributed by atoms with Gasteiger partial charge in [-0.15, -0.1) is 10.2 Å². The van der Waals surface area contributed by atoms with Crippen molar-refractivity contribution in [1.29, 1.82) is 0 Å². The van der Waals surface area contributed by atoms with Gasteiger partial charge in [-0.1, -0.05) is 6.07 Å². The van der Waals surface area contributed by atoms with Crippen molar-refractivity contribution in [3.8, 4) is 17.4 Å². The zero-order valence-corrected chi connectivity index (χ0v) is 17.5. The average molecular weight is 414 g/mol. The Morgan fingerprint density at radius 3 is 2.48 bits per heavy atom. The molecule has 0 spiro atoms. The van der Waals surface area contributed by atoms with Crippen LogP contribution in [0, 0.1) is 6.92 Å². The van der Waals surface area contributed by atoms with E-state index in [1.165, 1.54) is 0 Å². The van der Waals surface area contributed by atoms with E-state index in [-0.39, 0.29) is 5.91 Å². The number of amides is 1. The SMILES string of the molecule is Cc1nccn1-c1ccc(Oc2ccc(NC(=O)c3cccc(N(C)C)c3)cc2)nn1. The van der Waals surface area contributed by atoms with Crippen LogP contribution in [0.3, 0.4) is 0 Å². The summed E-state index contributed by atoms with van der Waals surface area (Å²) in [5.74, 6) is 2.29. The van der Waals surface area contributed by atoms with Crippen molar-refractivity contribution in [2.45, 2.75) is 6.92 Å². The first kappa shape index (κ1) is 20.1. The monoisotopic (exact) mass is 414 g/mol. The standard InChI is InChI=1S/C23H22N6O2/c1-16-24-13-14-29(16)21-11-12-22(27-26-21)31-20-9-7-18(8-10-20)25-23(30)17-5-4-6-19(15-17)28(2)3/h4-15H,1-3H3,(H,25,30). The molecule has 0 saturated carbocycles. The summed E-state index contributed by atoms with van der Waals surface area (Å²) in [6.07, 6.45) is 3.53. The highest BCUT2D eigenvalue weighted by atomic mass is 16.5. The molecule has 156 valence electrons. The second kappa shape index (κ2) is 8.66. The van der Waals surface area contributed by atoms with Crippen LogP contribution in [0.25, 0.3) is 5.82 Å². The van der Waals surface area contributed by atoms with Crippen molar-refractivity contribution in [2.75, 3.05) is 24.3 Å². The number of imidazole rings is 1. The Morgan fingerprint density at radius 1 is 1.03 bits per heavy atom. The van der Waals surface area contributed by atoms with Gasteiger partial charge in [-0.3, -0.25) is 9.36 Å². The Hall–Kier alpha value is -4.20. The summed E-state index contributed by atoms with van der Waals surface area (Å²) < 4.78 is 7.59. The van der Waals surface area contributed by atoms with Crippen LogP contribution >= 0.6 is 0 Å². The summed E-state index contributed by atoms with van der Waals surface area (Å²) in [7, 11) is 3.87. The Morgan fingerprint density at radius 2 is 1.84 bits per heavy atom. The summed E-state index contributed by atoms with van der Waals surface area (Å²) in [4.78, 5) is 18.7. The van der Waals surface area contributed by atoms with Gasteiger partial charge < -0.3 is 15.0 Å². The highest BCUT2D eigenvalue weighted by Gasteiger charge is 2.09. The lowest BCUT2D eigenvalue weighted by molar-refractivity contribution is 0.102. The molecular formula is C23H22N6O2. The van der Waals surface area contributed by atoms with E-state index in [2.05, 4.69) is 20.5 Å². The minimum atomic E-state index is -0.173. The van der Waals surface area contributed by atoms with Crippen LogP contribution in [-0.2, 0) is 0 Å². The predicted octanol–water partition coefficient (Wildman–Crippen LogP) is 4.08. The van der Waals surface area contributed by atoms with Gasteiger partial charge in [0.1, 0.15) is 11.6 Å². The number of ether oxygens (including phenoxy) is 1. The van der Waals surface area contributed by atoms with Gasteiger partial charge in [0.15, 0.2) is 5.82 Å². The maximum Gasteiger partial charge on any atom is 0.255 e. The molecule has 1 amide bonds. The van der Waals surface area contributed by atoms with Gasteiger partial charge in [0, 0.05) is 49.5 Å². The van der Waals surface area contributed by atoms with E-state index >= 15 is 0 Å². The fourth-order valence-corrected chi connectivity index (χ4v) is 2.97. The molecule has 0 unspecified atom stereocenters. The minimum absolute atomic E-state index is 0.173. The molecule has 1 N–H and O–H groups in total. The van der Waals surface area contributed by atoms with Gasteiger partial charge in [0.25, 0.3) is 5.91 Å². The van der Waals surface area contributed by atoms with Crippen LogP contribution in [0.15, 0.2) is 73.1 Å². The molecule has 8 heteroatoms. The highest BCUT2D eigenvalue weighted by Crippen LogP contribution is 2.22. The summed E-state index contributed by atoms with van der Waals surface area (Å²) >= 11 is 0. The lowest BCUT2D eigenvalue weighted by Gasteiger charge is -2.13. The number of rotatable bonds is 6. The van der Waals surface area contributed by atoms with Crippen molar-refractivity contribution in [2.24, 2.45) is 0 Å². The average Bonchev–Trinajstić information content (AvgIpc) is 3.21. The van der Waals surface area contributed by atoms with Crippen molar-refractivity contribution in [1.82, 2.24) is 19.7 Å². The molecule has 4 rings (SSSR count). The number of carbonyl (C=O) groups excluding carboxylic acids is 1. The third-order valence-electron chi connectivity index (χ3n) is 4.66. The van der Waals surface area contributed by atoms with Crippen LogP contribution in [0.1, 0.15) is 16.2 Å². The number of aromatic nitrogens is 4. The number of hydrogen-bond acceptors (Lipinski definition) is 6. The van der Waals surface area contributed by atoms with E-state index < -0.39 is 0 Å². The molecule has 0 radical (unpaired) electrons. The topological polar surface area (TPSA) is 85.2 Å². The Bertz CT molecular complexity index is 1180. The quantitative estimate of drug-likeness (QED) is 0.512. The zero-order valence-electron chi connectivity index (χ0n) is 17.5. The highest BCUT2D eigenvalue weighted by molar-refractivity contribution is 6.04. The third kappa shape index (κ3) is 4.69. The number of nitrogens with zero attached hydrogens (tertiary/aromatic N) is 5. The number of carbonyl (C=O) groups is 1. The normalized spacial score (nSPS) is 10.5. The molecule has 31 heavy (non-hydrogen) atoms. The summed E-state index contributed by atoms with van der Waals surface area (Å²) in [5.41, 5.74) is 2.23. The number of aryl methyl sites for hydroxylation is 1. The van der Waals surface area contributed by atoms with E-state index in [0.717, 1.165) is 11.5 Å². The maximum absolute atomic E-state index is 12.5.